The molecule has 0 saturated carbocycles. The van der Waals surface area contributed by atoms with Gasteiger partial charge in [0.25, 0.3) is 5.91 Å². The smallest absolute Gasteiger partial charge is 0.253 e. The second-order valence-corrected chi connectivity index (χ2v) is 7.22. The molecule has 3 N–H and O–H groups in total. The molecule has 2 aromatic heterocycles. The van der Waals surface area contributed by atoms with Crippen LogP contribution in [0, 0.1) is 0 Å². The quantitative estimate of drug-likeness (QED) is 0.493. The molecule has 0 spiro atoms. The number of H-pyrrole nitrogens is 1. The zero-order valence-electron chi connectivity index (χ0n) is 15.5. The zero-order valence-corrected chi connectivity index (χ0v) is 15.5. The van der Waals surface area contributed by atoms with E-state index in [1.54, 1.807) is 0 Å². The first-order chi connectivity index (χ1) is 13.7. The average Bonchev–Trinajstić information content (AvgIpc) is 3.12. The van der Waals surface area contributed by atoms with E-state index < -0.39 is 0 Å². The fourth-order valence-corrected chi connectivity index (χ4v) is 3.77. The van der Waals surface area contributed by atoms with Gasteiger partial charge in [-0.15, -0.1) is 0 Å². The number of benzene rings is 2. The maximum absolute atomic E-state index is 12.3. The molecule has 5 heteroatoms. The minimum Gasteiger partial charge on any atom is -0.358 e. The predicted molar refractivity (Wildman–Crippen MR) is 112 cm³/mol. The first-order valence-electron chi connectivity index (χ1n) is 9.42. The average molecular weight is 368 g/mol. The fraction of sp³-hybridized carbons (Fsp3) is 0.130. The maximum atomic E-state index is 12.3. The minimum absolute atomic E-state index is 0.0177. The summed E-state index contributed by atoms with van der Waals surface area (Å²) >= 11 is 0. The Morgan fingerprint density at radius 3 is 2.71 bits per heavy atom. The maximum Gasteiger partial charge on any atom is 0.253 e. The Morgan fingerprint density at radius 2 is 1.86 bits per heavy atom. The number of carbonyl (C=O) groups excluding carboxylic acids is 1. The van der Waals surface area contributed by atoms with Gasteiger partial charge in [-0.05, 0) is 37.3 Å². The third-order valence-electron chi connectivity index (χ3n) is 5.09. The molecule has 1 amide bonds. The Hall–Kier alpha value is -3.60. The summed E-state index contributed by atoms with van der Waals surface area (Å²) in [6.07, 6.45) is 0.806. The summed E-state index contributed by atoms with van der Waals surface area (Å²) in [4.78, 5) is 20.6. The summed E-state index contributed by atoms with van der Waals surface area (Å²) in [6, 6.07) is 22.2. The van der Waals surface area contributed by atoms with E-state index in [1.165, 1.54) is 0 Å². The third kappa shape index (κ3) is 2.91. The van der Waals surface area contributed by atoms with Crippen molar-refractivity contribution >= 4 is 28.3 Å². The van der Waals surface area contributed by atoms with Gasteiger partial charge in [-0.2, -0.15) is 0 Å². The molecule has 1 aliphatic rings. The predicted octanol–water partition coefficient (Wildman–Crippen LogP) is 4.65. The molecule has 0 unspecified atom stereocenters. The van der Waals surface area contributed by atoms with Gasteiger partial charge in [-0.1, -0.05) is 36.4 Å². The van der Waals surface area contributed by atoms with E-state index in [2.05, 4.69) is 27.8 Å². The first-order valence-corrected chi connectivity index (χ1v) is 9.42. The molecule has 0 saturated heterocycles. The molecule has 0 radical (unpaired) electrons. The van der Waals surface area contributed by atoms with Crippen molar-refractivity contribution in [1.82, 2.24) is 15.3 Å². The van der Waals surface area contributed by atoms with Crippen molar-refractivity contribution < 1.29 is 4.79 Å². The molecule has 1 atom stereocenters. The van der Waals surface area contributed by atoms with Crippen molar-refractivity contribution in [2.75, 3.05) is 5.32 Å². The van der Waals surface area contributed by atoms with Crippen molar-refractivity contribution in [2.24, 2.45) is 0 Å². The van der Waals surface area contributed by atoms with Crippen LogP contribution in [0.1, 0.15) is 23.0 Å². The SMILES string of the molecule is C[C@H]1Cc2[nH]c(-c3cccc4ccc(Nc5ccccc5)nc34)cc2C(=O)N1. The van der Waals surface area contributed by atoms with Gasteiger partial charge in [0.2, 0.25) is 0 Å². The van der Waals surface area contributed by atoms with Crippen molar-refractivity contribution in [2.45, 2.75) is 19.4 Å². The van der Waals surface area contributed by atoms with Crippen molar-refractivity contribution in [1.29, 1.82) is 0 Å². The Balaban J connectivity index is 1.59. The molecule has 0 aliphatic carbocycles. The molecular weight excluding hydrogens is 348 g/mol. The summed E-state index contributed by atoms with van der Waals surface area (Å²) in [6.45, 7) is 2.02. The Morgan fingerprint density at radius 1 is 1.00 bits per heavy atom. The molecule has 0 fully saturated rings. The lowest BCUT2D eigenvalue weighted by Gasteiger charge is -2.19. The van der Waals surface area contributed by atoms with E-state index in [-0.39, 0.29) is 11.9 Å². The van der Waals surface area contributed by atoms with Crippen molar-refractivity contribution in [3.05, 3.63) is 78.0 Å². The first kappa shape index (κ1) is 16.6. The normalized spacial score (nSPS) is 15.9. The van der Waals surface area contributed by atoms with Gasteiger partial charge in [-0.3, -0.25) is 4.79 Å². The number of aromatic amines is 1. The van der Waals surface area contributed by atoms with Crippen LogP contribution >= 0.6 is 0 Å². The largest absolute Gasteiger partial charge is 0.358 e. The van der Waals surface area contributed by atoms with Gasteiger partial charge >= 0.3 is 0 Å². The highest BCUT2D eigenvalue weighted by atomic mass is 16.1. The van der Waals surface area contributed by atoms with Crippen LogP contribution in [0.15, 0.2) is 66.7 Å². The number of para-hydroxylation sites is 2. The second-order valence-electron chi connectivity index (χ2n) is 7.22. The second kappa shape index (κ2) is 6.53. The standard InChI is InChI=1S/C23H20N4O/c1-14-12-19-18(23(28)24-14)13-20(26-19)17-9-5-6-15-10-11-21(27-22(15)17)25-16-7-3-2-4-8-16/h2-11,13-14,26H,12H2,1H3,(H,24,28)(H,25,27)/t14-/m0/s1. The van der Waals surface area contributed by atoms with Gasteiger partial charge < -0.3 is 15.6 Å². The van der Waals surface area contributed by atoms with Gasteiger partial charge in [0.15, 0.2) is 0 Å². The molecule has 1 aliphatic heterocycles. The number of rotatable bonds is 3. The molecule has 28 heavy (non-hydrogen) atoms. The molecule has 2 aromatic carbocycles. The van der Waals surface area contributed by atoms with Crippen LogP contribution in [0.4, 0.5) is 11.5 Å². The van der Waals surface area contributed by atoms with E-state index in [9.17, 15) is 4.79 Å². The number of amides is 1. The van der Waals surface area contributed by atoms with Crippen LogP contribution in [0.25, 0.3) is 22.2 Å². The highest BCUT2D eigenvalue weighted by Gasteiger charge is 2.24. The number of carbonyl (C=O) groups is 1. The van der Waals surface area contributed by atoms with Crippen LogP contribution in [-0.4, -0.2) is 21.9 Å². The number of nitrogens with zero attached hydrogens (tertiary/aromatic N) is 1. The fourth-order valence-electron chi connectivity index (χ4n) is 3.77. The lowest BCUT2D eigenvalue weighted by molar-refractivity contribution is 0.0929. The lowest BCUT2D eigenvalue weighted by Crippen LogP contribution is -2.38. The van der Waals surface area contributed by atoms with Gasteiger partial charge in [0.1, 0.15) is 5.82 Å². The number of anilines is 2. The molecule has 5 rings (SSSR count). The van der Waals surface area contributed by atoms with E-state index in [0.29, 0.717) is 0 Å². The number of nitrogens with one attached hydrogen (secondary N) is 3. The molecule has 3 heterocycles. The Bertz CT molecular complexity index is 1180. The molecule has 5 nitrogen and oxygen atoms in total. The Labute approximate surface area is 162 Å². The van der Waals surface area contributed by atoms with Crippen LogP contribution in [0.5, 0.6) is 0 Å². The summed E-state index contributed by atoms with van der Waals surface area (Å²) in [5.41, 5.74) is 5.52. The van der Waals surface area contributed by atoms with E-state index in [0.717, 1.165) is 51.3 Å². The number of aromatic nitrogens is 2. The summed E-state index contributed by atoms with van der Waals surface area (Å²) in [5, 5.41) is 7.40. The number of fused-ring (bicyclic) bond motifs is 2. The van der Waals surface area contributed by atoms with Crippen molar-refractivity contribution in [3.63, 3.8) is 0 Å². The van der Waals surface area contributed by atoms with E-state index >= 15 is 0 Å². The van der Waals surface area contributed by atoms with E-state index in [1.807, 2.05) is 61.5 Å². The topological polar surface area (TPSA) is 69.8 Å². The van der Waals surface area contributed by atoms with Gasteiger partial charge in [0.05, 0.1) is 11.1 Å². The van der Waals surface area contributed by atoms with E-state index in [4.69, 9.17) is 4.98 Å². The minimum atomic E-state index is -0.0177. The number of hydrogen-bond acceptors (Lipinski definition) is 3. The van der Waals surface area contributed by atoms with Crippen LogP contribution in [0.2, 0.25) is 0 Å². The molecular formula is C23H20N4O. The summed E-state index contributed by atoms with van der Waals surface area (Å²) in [7, 11) is 0. The number of hydrogen-bond donors (Lipinski definition) is 3. The monoisotopic (exact) mass is 368 g/mol. The number of pyridine rings is 1. The highest BCUT2D eigenvalue weighted by molar-refractivity contribution is 6.00. The highest BCUT2D eigenvalue weighted by Crippen LogP contribution is 2.31. The lowest BCUT2D eigenvalue weighted by atomic mass is 10.0. The summed E-state index contributed by atoms with van der Waals surface area (Å²) in [5.74, 6) is 0.768. The van der Waals surface area contributed by atoms with Crippen LogP contribution in [-0.2, 0) is 6.42 Å². The molecule has 138 valence electrons. The zero-order chi connectivity index (χ0) is 19.1. The van der Waals surface area contributed by atoms with Gasteiger partial charge in [0, 0.05) is 40.5 Å². The van der Waals surface area contributed by atoms with Gasteiger partial charge in [-0.25, -0.2) is 4.98 Å². The Kier molecular flexibility index (Phi) is 3.86. The third-order valence-corrected chi connectivity index (χ3v) is 5.09. The van der Waals surface area contributed by atoms with Crippen LogP contribution in [0.3, 0.4) is 0 Å². The summed E-state index contributed by atoms with van der Waals surface area (Å²) < 4.78 is 0. The molecule has 4 aromatic rings. The van der Waals surface area contributed by atoms with Crippen molar-refractivity contribution in [3.8, 4) is 11.3 Å². The van der Waals surface area contributed by atoms with Crippen LogP contribution < -0.4 is 10.6 Å². The molecule has 0 bridgehead atoms.